The zero-order chi connectivity index (χ0) is 13.9. The molecule has 1 aliphatic heterocycles. The van der Waals surface area contributed by atoms with Crippen LogP contribution in [0.2, 0.25) is 0 Å². The third-order valence-electron chi connectivity index (χ3n) is 4.02. The molecule has 0 aliphatic carbocycles. The van der Waals surface area contributed by atoms with E-state index >= 15 is 0 Å². The van der Waals surface area contributed by atoms with Crippen molar-refractivity contribution in [3.63, 3.8) is 0 Å². The second-order valence-electron chi connectivity index (χ2n) is 5.19. The number of phenolic OH excluding ortho intramolecular Hbond substituents is 1. The van der Waals surface area contributed by atoms with E-state index in [9.17, 15) is 5.11 Å². The SMILES string of the molecule is C=C[C@H](c1ccc(O)c2ccccc12)N1CCNCC1. The number of benzene rings is 2. The lowest BCUT2D eigenvalue weighted by molar-refractivity contribution is 0.204. The molecule has 0 spiro atoms. The number of nitrogens with zero attached hydrogens (tertiary/aromatic N) is 1. The van der Waals surface area contributed by atoms with E-state index in [2.05, 4.69) is 22.9 Å². The number of fused-ring (bicyclic) bond motifs is 1. The predicted octanol–water partition coefficient (Wildman–Crippen LogP) is 2.68. The summed E-state index contributed by atoms with van der Waals surface area (Å²) < 4.78 is 0. The molecule has 0 unspecified atom stereocenters. The van der Waals surface area contributed by atoms with Gasteiger partial charge < -0.3 is 10.4 Å². The molecule has 1 fully saturated rings. The van der Waals surface area contributed by atoms with Crippen molar-refractivity contribution in [1.82, 2.24) is 10.2 Å². The van der Waals surface area contributed by atoms with Crippen LogP contribution in [0.25, 0.3) is 10.8 Å². The maximum Gasteiger partial charge on any atom is 0.123 e. The Morgan fingerprint density at radius 2 is 1.80 bits per heavy atom. The van der Waals surface area contributed by atoms with Crippen LogP contribution in [0.1, 0.15) is 11.6 Å². The summed E-state index contributed by atoms with van der Waals surface area (Å²) in [6, 6.07) is 12.0. The molecule has 1 aliphatic rings. The van der Waals surface area contributed by atoms with Gasteiger partial charge in [-0.15, -0.1) is 6.58 Å². The van der Waals surface area contributed by atoms with E-state index in [1.807, 2.05) is 30.3 Å². The Hall–Kier alpha value is -1.84. The van der Waals surface area contributed by atoms with Crippen LogP contribution >= 0.6 is 0 Å². The van der Waals surface area contributed by atoms with Crippen LogP contribution in [-0.4, -0.2) is 36.2 Å². The van der Waals surface area contributed by atoms with Crippen LogP contribution in [0.15, 0.2) is 49.1 Å². The van der Waals surface area contributed by atoms with Crippen LogP contribution < -0.4 is 5.32 Å². The molecule has 2 aromatic rings. The molecule has 1 saturated heterocycles. The maximum atomic E-state index is 10.0. The Balaban J connectivity index is 2.07. The van der Waals surface area contributed by atoms with Crippen molar-refractivity contribution in [1.29, 1.82) is 0 Å². The lowest BCUT2D eigenvalue weighted by Gasteiger charge is -2.34. The van der Waals surface area contributed by atoms with Gasteiger partial charge in [-0.05, 0) is 17.0 Å². The smallest absolute Gasteiger partial charge is 0.123 e. The van der Waals surface area contributed by atoms with E-state index < -0.39 is 0 Å². The van der Waals surface area contributed by atoms with E-state index in [4.69, 9.17) is 0 Å². The number of rotatable bonds is 3. The first-order valence-corrected chi connectivity index (χ1v) is 7.09. The predicted molar refractivity (Wildman–Crippen MR) is 83.0 cm³/mol. The fraction of sp³-hybridized carbons (Fsp3) is 0.294. The molecule has 1 heterocycles. The molecule has 2 N–H and O–H groups in total. The zero-order valence-electron chi connectivity index (χ0n) is 11.5. The molecule has 0 saturated carbocycles. The normalized spacial score (nSPS) is 18.0. The molecule has 3 heteroatoms. The van der Waals surface area contributed by atoms with Gasteiger partial charge in [0.05, 0.1) is 6.04 Å². The van der Waals surface area contributed by atoms with Gasteiger partial charge in [0.15, 0.2) is 0 Å². The molecule has 0 radical (unpaired) electrons. The average molecular weight is 268 g/mol. The second-order valence-corrected chi connectivity index (χ2v) is 5.19. The van der Waals surface area contributed by atoms with E-state index in [-0.39, 0.29) is 6.04 Å². The van der Waals surface area contributed by atoms with Crippen LogP contribution in [0.3, 0.4) is 0 Å². The number of hydrogen-bond acceptors (Lipinski definition) is 3. The van der Waals surface area contributed by atoms with E-state index in [1.165, 1.54) is 5.56 Å². The molecule has 2 aromatic carbocycles. The summed E-state index contributed by atoms with van der Waals surface area (Å²) in [4.78, 5) is 2.43. The summed E-state index contributed by atoms with van der Waals surface area (Å²) in [6.45, 7) is 8.09. The first kappa shape index (κ1) is 13.2. The lowest BCUT2D eigenvalue weighted by atomic mass is 9.96. The minimum absolute atomic E-state index is 0.197. The molecule has 0 bridgehead atoms. The van der Waals surface area contributed by atoms with Crippen molar-refractivity contribution in [3.05, 3.63) is 54.6 Å². The summed E-state index contributed by atoms with van der Waals surface area (Å²) >= 11 is 0. The van der Waals surface area contributed by atoms with E-state index in [0.29, 0.717) is 5.75 Å². The van der Waals surface area contributed by atoms with Gasteiger partial charge in [-0.1, -0.05) is 36.4 Å². The van der Waals surface area contributed by atoms with Gasteiger partial charge in [0.1, 0.15) is 5.75 Å². The maximum absolute atomic E-state index is 10.0. The minimum Gasteiger partial charge on any atom is -0.507 e. The van der Waals surface area contributed by atoms with Crippen molar-refractivity contribution in [2.75, 3.05) is 26.2 Å². The molecule has 20 heavy (non-hydrogen) atoms. The molecular weight excluding hydrogens is 248 g/mol. The summed E-state index contributed by atoms with van der Waals surface area (Å²) in [7, 11) is 0. The Morgan fingerprint density at radius 1 is 1.10 bits per heavy atom. The third kappa shape index (κ3) is 2.30. The monoisotopic (exact) mass is 268 g/mol. The number of piperazine rings is 1. The fourth-order valence-electron chi connectivity index (χ4n) is 3.00. The standard InChI is InChI=1S/C17H20N2O/c1-2-16(19-11-9-18-10-12-19)14-7-8-17(20)15-6-4-3-5-13(14)15/h2-8,16,18,20H,1,9-12H2/t16-/m1/s1. The fourth-order valence-corrected chi connectivity index (χ4v) is 3.00. The van der Waals surface area contributed by atoms with Gasteiger partial charge in [0.2, 0.25) is 0 Å². The van der Waals surface area contributed by atoms with E-state index in [0.717, 1.165) is 37.0 Å². The molecule has 3 nitrogen and oxygen atoms in total. The van der Waals surface area contributed by atoms with Crippen molar-refractivity contribution < 1.29 is 5.11 Å². The lowest BCUT2D eigenvalue weighted by Crippen LogP contribution is -2.44. The van der Waals surface area contributed by atoms with Crippen molar-refractivity contribution in [3.8, 4) is 5.75 Å². The van der Waals surface area contributed by atoms with Crippen LogP contribution in [-0.2, 0) is 0 Å². The largest absolute Gasteiger partial charge is 0.507 e. The highest BCUT2D eigenvalue weighted by molar-refractivity contribution is 5.91. The van der Waals surface area contributed by atoms with Crippen LogP contribution in [0.4, 0.5) is 0 Å². The van der Waals surface area contributed by atoms with E-state index in [1.54, 1.807) is 6.07 Å². The Bertz CT molecular complexity index is 617. The first-order valence-electron chi connectivity index (χ1n) is 7.09. The number of phenols is 1. The number of aromatic hydroxyl groups is 1. The Labute approximate surface area is 119 Å². The van der Waals surface area contributed by atoms with Gasteiger partial charge in [-0.3, -0.25) is 4.90 Å². The summed E-state index contributed by atoms with van der Waals surface area (Å²) in [5.41, 5.74) is 1.22. The number of hydrogen-bond donors (Lipinski definition) is 2. The molecule has 3 rings (SSSR count). The highest BCUT2D eigenvalue weighted by atomic mass is 16.3. The molecular formula is C17H20N2O. The highest BCUT2D eigenvalue weighted by Crippen LogP contribution is 2.33. The van der Waals surface area contributed by atoms with Crippen molar-refractivity contribution in [2.45, 2.75) is 6.04 Å². The van der Waals surface area contributed by atoms with Gasteiger partial charge in [0.25, 0.3) is 0 Å². The molecule has 0 amide bonds. The van der Waals surface area contributed by atoms with Crippen LogP contribution in [0, 0.1) is 0 Å². The Morgan fingerprint density at radius 3 is 2.50 bits per heavy atom. The summed E-state index contributed by atoms with van der Waals surface area (Å²) in [6.07, 6.45) is 2.00. The highest BCUT2D eigenvalue weighted by Gasteiger charge is 2.21. The average Bonchev–Trinajstić information content (AvgIpc) is 2.52. The summed E-state index contributed by atoms with van der Waals surface area (Å²) in [5.74, 6) is 0.340. The second kappa shape index (κ2) is 5.65. The van der Waals surface area contributed by atoms with Gasteiger partial charge in [0, 0.05) is 31.6 Å². The third-order valence-corrected chi connectivity index (χ3v) is 4.02. The number of nitrogens with one attached hydrogen (secondary N) is 1. The van der Waals surface area contributed by atoms with Gasteiger partial charge in [-0.2, -0.15) is 0 Å². The quantitative estimate of drug-likeness (QED) is 0.840. The van der Waals surface area contributed by atoms with Crippen molar-refractivity contribution >= 4 is 10.8 Å². The minimum atomic E-state index is 0.197. The first-order chi connectivity index (χ1) is 9.81. The zero-order valence-corrected chi connectivity index (χ0v) is 11.5. The van der Waals surface area contributed by atoms with Gasteiger partial charge >= 0.3 is 0 Å². The topological polar surface area (TPSA) is 35.5 Å². The molecule has 0 aromatic heterocycles. The molecule has 1 atom stereocenters. The summed E-state index contributed by atoms with van der Waals surface area (Å²) in [5, 5.41) is 15.4. The Kier molecular flexibility index (Phi) is 3.72. The molecule has 104 valence electrons. The van der Waals surface area contributed by atoms with Crippen LogP contribution in [0.5, 0.6) is 5.75 Å². The van der Waals surface area contributed by atoms with Gasteiger partial charge in [-0.25, -0.2) is 0 Å². The van der Waals surface area contributed by atoms with Crippen molar-refractivity contribution in [2.24, 2.45) is 0 Å².